The Morgan fingerprint density at radius 1 is 1.21 bits per heavy atom. The number of ether oxygens (including phenoxy) is 1. The maximum atomic E-state index is 5.37. The molecule has 1 aromatic carbocycles. The van der Waals surface area contributed by atoms with Gasteiger partial charge in [-0.2, -0.15) is 5.10 Å². The molecule has 3 aromatic rings. The third kappa shape index (κ3) is 3.07. The van der Waals surface area contributed by atoms with E-state index in [9.17, 15) is 0 Å². The lowest BCUT2D eigenvalue weighted by molar-refractivity contribution is 0.122. The van der Waals surface area contributed by atoms with Crippen LogP contribution in [0.4, 0.5) is 11.6 Å². The number of benzene rings is 1. The highest BCUT2D eigenvalue weighted by molar-refractivity contribution is 5.99. The van der Waals surface area contributed by atoms with Crippen molar-refractivity contribution in [2.75, 3.05) is 36.6 Å². The summed E-state index contributed by atoms with van der Waals surface area (Å²) in [5.74, 6) is 1.56. The van der Waals surface area contributed by atoms with Crippen molar-refractivity contribution in [3.8, 4) is 0 Å². The first-order valence-corrected chi connectivity index (χ1v) is 7.90. The molecule has 122 valence electrons. The number of para-hydroxylation sites is 1. The molecule has 1 aliphatic rings. The molecule has 4 rings (SSSR count). The molecule has 0 aliphatic carbocycles. The summed E-state index contributed by atoms with van der Waals surface area (Å²) in [6, 6.07) is 10.0. The molecule has 2 aromatic heterocycles. The lowest BCUT2D eigenvalue weighted by atomic mass is 10.2. The third-order valence-corrected chi connectivity index (χ3v) is 3.99. The Bertz CT molecular complexity index is 853. The number of morpholine rings is 1. The number of nitrogens with one attached hydrogen (secondary N) is 2. The van der Waals surface area contributed by atoms with E-state index in [1.165, 1.54) is 0 Å². The van der Waals surface area contributed by atoms with Gasteiger partial charge in [0.1, 0.15) is 12.1 Å². The van der Waals surface area contributed by atoms with Gasteiger partial charge in [0.05, 0.1) is 19.4 Å². The molecule has 1 saturated heterocycles. The minimum Gasteiger partial charge on any atom is -0.378 e. The van der Waals surface area contributed by atoms with Gasteiger partial charge in [-0.3, -0.25) is 5.43 Å². The van der Waals surface area contributed by atoms with Crippen LogP contribution >= 0.6 is 0 Å². The van der Waals surface area contributed by atoms with Crippen LogP contribution < -0.4 is 10.3 Å². The van der Waals surface area contributed by atoms with Crippen molar-refractivity contribution in [1.82, 2.24) is 15.0 Å². The fourth-order valence-electron chi connectivity index (χ4n) is 2.74. The zero-order chi connectivity index (χ0) is 16.2. The summed E-state index contributed by atoms with van der Waals surface area (Å²) in [7, 11) is 0. The van der Waals surface area contributed by atoms with E-state index < -0.39 is 0 Å². The quantitative estimate of drug-likeness (QED) is 0.569. The zero-order valence-electron chi connectivity index (χ0n) is 13.1. The van der Waals surface area contributed by atoms with Gasteiger partial charge in [0, 0.05) is 41.8 Å². The molecule has 0 radical (unpaired) electrons. The molecule has 3 heterocycles. The second kappa shape index (κ2) is 6.67. The van der Waals surface area contributed by atoms with Crippen LogP contribution in [0.15, 0.2) is 48.0 Å². The average molecular weight is 322 g/mol. The number of nitrogens with zero attached hydrogens (tertiary/aromatic N) is 4. The van der Waals surface area contributed by atoms with Gasteiger partial charge in [-0.25, -0.2) is 9.97 Å². The van der Waals surface area contributed by atoms with Crippen molar-refractivity contribution in [2.24, 2.45) is 5.10 Å². The lowest BCUT2D eigenvalue weighted by Crippen LogP contribution is -2.36. The Balaban J connectivity index is 1.47. The zero-order valence-corrected chi connectivity index (χ0v) is 13.1. The van der Waals surface area contributed by atoms with Gasteiger partial charge in [0.15, 0.2) is 5.82 Å². The van der Waals surface area contributed by atoms with E-state index in [1.54, 1.807) is 12.5 Å². The summed E-state index contributed by atoms with van der Waals surface area (Å²) in [5.41, 5.74) is 5.10. The predicted octanol–water partition coefficient (Wildman–Crippen LogP) is 2.24. The largest absolute Gasteiger partial charge is 0.378 e. The standard InChI is InChI=1S/C17H18N6O/c1-2-4-15-14(3-1)13(10-18-15)11-21-22-16-9-17(20-12-19-16)23-5-7-24-8-6-23/h1-4,9-12,18H,5-8H2,(H,19,20,22)/b21-11+. The molecule has 0 amide bonds. The van der Waals surface area contributed by atoms with Crippen molar-refractivity contribution in [3.05, 3.63) is 48.4 Å². The van der Waals surface area contributed by atoms with E-state index in [0.717, 1.165) is 48.6 Å². The molecule has 7 nitrogen and oxygen atoms in total. The van der Waals surface area contributed by atoms with Gasteiger partial charge < -0.3 is 14.6 Å². The maximum Gasteiger partial charge on any atom is 0.151 e. The van der Waals surface area contributed by atoms with Crippen molar-refractivity contribution in [2.45, 2.75) is 0 Å². The van der Waals surface area contributed by atoms with Crippen molar-refractivity contribution in [3.63, 3.8) is 0 Å². The number of rotatable bonds is 4. The Morgan fingerprint density at radius 2 is 2.08 bits per heavy atom. The summed E-state index contributed by atoms with van der Waals surface area (Å²) >= 11 is 0. The van der Waals surface area contributed by atoms with Crippen molar-refractivity contribution in [1.29, 1.82) is 0 Å². The topological polar surface area (TPSA) is 78.4 Å². The fraction of sp³-hybridized carbons (Fsp3) is 0.235. The molecule has 0 spiro atoms. The highest BCUT2D eigenvalue weighted by Gasteiger charge is 2.12. The molecule has 24 heavy (non-hydrogen) atoms. The summed E-state index contributed by atoms with van der Waals surface area (Å²) in [6.07, 6.45) is 5.28. The number of aromatic amines is 1. The fourth-order valence-corrected chi connectivity index (χ4v) is 2.74. The minimum atomic E-state index is 0.669. The smallest absolute Gasteiger partial charge is 0.151 e. The van der Waals surface area contributed by atoms with Crippen LogP contribution in [-0.4, -0.2) is 47.5 Å². The van der Waals surface area contributed by atoms with Gasteiger partial charge in [-0.1, -0.05) is 18.2 Å². The molecule has 7 heteroatoms. The first-order valence-electron chi connectivity index (χ1n) is 7.90. The number of anilines is 2. The number of hydrogen-bond donors (Lipinski definition) is 2. The van der Waals surface area contributed by atoms with Gasteiger partial charge in [0.25, 0.3) is 0 Å². The van der Waals surface area contributed by atoms with Crippen molar-refractivity contribution < 1.29 is 4.74 Å². The van der Waals surface area contributed by atoms with Crippen LogP contribution in [0.1, 0.15) is 5.56 Å². The van der Waals surface area contributed by atoms with Crippen molar-refractivity contribution >= 4 is 28.8 Å². The second-order valence-electron chi connectivity index (χ2n) is 5.52. The molecule has 0 bridgehead atoms. The van der Waals surface area contributed by atoms with E-state index >= 15 is 0 Å². The van der Waals surface area contributed by atoms with Crippen LogP contribution in [0, 0.1) is 0 Å². The van der Waals surface area contributed by atoms with E-state index in [2.05, 4.69) is 36.4 Å². The van der Waals surface area contributed by atoms with E-state index in [-0.39, 0.29) is 0 Å². The van der Waals surface area contributed by atoms with E-state index in [4.69, 9.17) is 4.74 Å². The molecular formula is C17H18N6O. The third-order valence-electron chi connectivity index (χ3n) is 3.99. The molecule has 0 saturated carbocycles. The van der Waals surface area contributed by atoms with Gasteiger partial charge in [-0.05, 0) is 6.07 Å². The summed E-state index contributed by atoms with van der Waals surface area (Å²) in [4.78, 5) is 13.9. The summed E-state index contributed by atoms with van der Waals surface area (Å²) < 4.78 is 5.37. The van der Waals surface area contributed by atoms with Gasteiger partial charge in [-0.15, -0.1) is 0 Å². The summed E-state index contributed by atoms with van der Waals surface area (Å²) in [5, 5.41) is 5.43. The Kier molecular flexibility index (Phi) is 4.07. The molecule has 1 aliphatic heterocycles. The SMILES string of the molecule is C(=N\Nc1cc(N2CCOCC2)ncn1)/c1c[nH]c2ccccc12. The monoisotopic (exact) mass is 322 g/mol. The number of aromatic nitrogens is 3. The van der Waals surface area contributed by atoms with Crippen LogP contribution in [0.3, 0.4) is 0 Å². The lowest BCUT2D eigenvalue weighted by Gasteiger charge is -2.27. The Hall–Kier alpha value is -2.93. The first-order chi connectivity index (χ1) is 11.9. The van der Waals surface area contributed by atoms with Crippen LogP contribution in [0.5, 0.6) is 0 Å². The highest BCUT2D eigenvalue weighted by atomic mass is 16.5. The molecule has 0 atom stereocenters. The van der Waals surface area contributed by atoms with Gasteiger partial charge >= 0.3 is 0 Å². The Labute approximate surface area is 139 Å². The minimum absolute atomic E-state index is 0.669. The normalized spacial score (nSPS) is 15.2. The molecule has 0 unspecified atom stereocenters. The summed E-state index contributed by atoms with van der Waals surface area (Å²) in [6.45, 7) is 3.14. The maximum absolute atomic E-state index is 5.37. The highest BCUT2D eigenvalue weighted by Crippen LogP contribution is 2.17. The predicted molar refractivity (Wildman–Crippen MR) is 94.6 cm³/mol. The number of fused-ring (bicyclic) bond motifs is 1. The Morgan fingerprint density at radius 3 is 3.00 bits per heavy atom. The number of hydrazone groups is 1. The van der Waals surface area contributed by atoms with Crippen LogP contribution in [0.25, 0.3) is 10.9 Å². The number of hydrogen-bond acceptors (Lipinski definition) is 6. The van der Waals surface area contributed by atoms with Crippen LogP contribution in [-0.2, 0) is 4.74 Å². The van der Waals surface area contributed by atoms with E-state index in [0.29, 0.717) is 5.82 Å². The van der Waals surface area contributed by atoms with Crippen LogP contribution in [0.2, 0.25) is 0 Å². The second-order valence-corrected chi connectivity index (χ2v) is 5.52. The molecule has 1 fully saturated rings. The molecule has 2 N–H and O–H groups in total. The molecular weight excluding hydrogens is 304 g/mol. The average Bonchev–Trinajstić information content (AvgIpc) is 3.06. The van der Waals surface area contributed by atoms with Gasteiger partial charge in [0.2, 0.25) is 0 Å². The first kappa shape index (κ1) is 14.6. The number of H-pyrrole nitrogens is 1. The van der Waals surface area contributed by atoms with E-state index in [1.807, 2.05) is 30.5 Å².